The number of aromatic nitrogens is 3. The highest BCUT2D eigenvalue weighted by molar-refractivity contribution is 9.10. The third-order valence-corrected chi connectivity index (χ3v) is 3.62. The molecule has 2 rings (SSSR count). The molecule has 7 heteroatoms. The molecule has 0 unspecified atom stereocenters. The summed E-state index contributed by atoms with van der Waals surface area (Å²) < 4.78 is 12.7. The monoisotopic (exact) mass is 353 g/mol. The van der Waals surface area contributed by atoms with Crippen molar-refractivity contribution in [3.05, 3.63) is 39.6 Å². The van der Waals surface area contributed by atoms with Gasteiger partial charge >= 0.3 is 5.97 Å². The van der Waals surface area contributed by atoms with Crippen molar-refractivity contribution in [2.75, 3.05) is 13.7 Å². The van der Waals surface area contributed by atoms with Crippen LogP contribution in [0.2, 0.25) is 0 Å². The Morgan fingerprint density at radius 1 is 1.43 bits per heavy atom. The van der Waals surface area contributed by atoms with E-state index in [0.717, 1.165) is 15.8 Å². The van der Waals surface area contributed by atoms with Gasteiger partial charge in [0.05, 0.1) is 30.4 Å². The molecule has 1 aromatic carbocycles. The molecular formula is C14H16BrN3O3. The summed E-state index contributed by atoms with van der Waals surface area (Å²) in [7, 11) is 1.62. The number of ether oxygens (including phenoxy) is 2. The lowest BCUT2D eigenvalue weighted by molar-refractivity contribution is 0.0518. The fraction of sp³-hybridized carbons (Fsp3) is 0.357. The number of carbonyl (C=O) groups is 1. The Labute approximate surface area is 131 Å². The zero-order valence-corrected chi connectivity index (χ0v) is 13.7. The van der Waals surface area contributed by atoms with Gasteiger partial charge in [0.1, 0.15) is 5.75 Å². The number of nitrogens with zero attached hydrogens (tertiary/aromatic N) is 3. The predicted molar refractivity (Wildman–Crippen MR) is 80.5 cm³/mol. The molecule has 0 aliphatic rings. The minimum Gasteiger partial charge on any atom is -0.496 e. The number of rotatable bonds is 5. The molecule has 0 radical (unpaired) electrons. The third kappa shape index (κ3) is 3.41. The maximum absolute atomic E-state index is 11.7. The van der Waals surface area contributed by atoms with Gasteiger partial charge in [-0.15, -0.1) is 5.10 Å². The molecule has 0 saturated heterocycles. The second-order valence-corrected chi connectivity index (χ2v) is 5.22. The molecule has 0 bridgehead atoms. The number of benzene rings is 1. The molecule has 1 aromatic heterocycles. The van der Waals surface area contributed by atoms with E-state index in [1.54, 1.807) is 25.6 Å². The maximum Gasteiger partial charge on any atom is 0.360 e. The Balaban J connectivity index is 2.20. The van der Waals surface area contributed by atoms with Gasteiger partial charge in [-0.2, -0.15) is 0 Å². The van der Waals surface area contributed by atoms with Crippen molar-refractivity contribution in [1.29, 1.82) is 0 Å². The Hall–Kier alpha value is -1.89. The highest BCUT2D eigenvalue weighted by Gasteiger charge is 2.17. The van der Waals surface area contributed by atoms with Crippen LogP contribution in [0.3, 0.4) is 0 Å². The first-order valence-electron chi connectivity index (χ1n) is 6.46. The van der Waals surface area contributed by atoms with Crippen LogP contribution in [0.4, 0.5) is 0 Å². The van der Waals surface area contributed by atoms with Crippen molar-refractivity contribution in [3.8, 4) is 5.75 Å². The molecule has 0 amide bonds. The number of hydrogen-bond donors (Lipinski definition) is 0. The first kappa shape index (κ1) is 15.5. The molecule has 0 spiro atoms. The fourth-order valence-electron chi connectivity index (χ4n) is 1.88. The van der Waals surface area contributed by atoms with Crippen LogP contribution in [0.25, 0.3) is 0 Å². The van der Waals surface area contributed by atoms with Gasteiger partial charge in [-0.3, -0.25) is 0 Å². The molecule has 0 aliphatic heterocycles. The number of hydrogen-bond acceptors (Lipinski definition) is 5. The van der Waals surface area contributed by atoms with Crippen molar-refractivity contribution in [2.45, 2.75) is 20.4 Å². The lowest BCUT2D eigenvalue weighted by Crippen LogP contribution is -2.09. The van der Waals surface area contributed by atoms with Crippen LogP contribution >= 0.6 is 15.9 Å². The van der Waals surface area contributed by atoms with Crippen LogP contribution in [0.5, 0.6) is 5.75 Å². The Kier molecular flexibility index (Phi) is 4.95. The van der Waals surface area contributed by atoms with Crippen LogP contribution in [0, 0.1) is 6.92 Å². The molecule has 0 saturated carbocycles. The predicted octanol–water partition coefficient (Wildman–Crippen LogP) is 2.58. The second-order valence-electron chi connectivity index (χ2n) is 4.37. The zero-order valence-electron chi connectivity index (χ0n) is 12.1. The highest BCUT2D eigenvalue weighted by Crippen LogP contribution is 2.26. The molecule has 0 aliphatic carbocycles. The molecule has 2 aromatic rings. The van der Waals surface area contributed by atoms with Gasteiger partial charge in [0.25, 0.3) is 0 Å². The standard InChI is InChI=1S/C14H16BrN3O3/c1-4-21-14(19)13-9(2)18(17-16-13)8-10-5-6-12(20-3)11(15)7-10/h5-7H,4,8H2,1-3H3. The smallest absolute Gasteiger partial charge is 0.360 e. The summed E-state index contributed by atoms with van der Waals surface area (Å²) in [6, 6.07) is 5.76. The van der Waals surface area contributed by atoms with E-state index < -0.39 is 5.97 Å². The summed E-state index contributed by atoms with van der Waals surface area (Å²) in [5.41, 5.74) is 1.95. The molecule has 6 nitrogen and oxygen atoms in total. The average molecular weight is 354 g/mol. The summed E-state index contributed by atoms with van der Waals surface area (Å²) >= 11 is 3.44. The van der Waals surface area contributed by atoms with Gasteiger partial charge < -0.3 is 9.47 Å². The molecule has 0 atom stereocenters. The lowest BCUT2D eigenvalue weighted by Gasteiger charge is -2.07. The molecule has 112 valence electrons. The van der Waals surface area contributed by atoms with E-state index in [4.69, 9.17) is 9.47 Å². The van der Waals surface area contributed by atoms with Crippen molar-refractivity contribution >= 4 is 21.9 Å². The topological polar surface area (TPSA) is 66.2 Å². The zero-order chi connectivity index (χ0) is 15.4. The van der Waals surface area contributed by atoms with Gasteiger partial charge in [-0.1, -0.05) is 11.3 Å². The third-order valence-electron chi connectivity index (χ3n) is 3.00. The van der Waals surface area contributed by atoms with E-state index in [2.05, 4.69) is 26.2 Å². The Morgan fingerprint density at radius 2 is 2.19 bits per heavy atom. The molecule has 0 N–H and O–H groups in total. The SMILES string of the molecule is CCOC(=O)c1nnn(Cc2ccc(OC)c(Br)c2)c1C. The summed E-state index contributed by atoms with van der Waals surface area (Å²) in [5.74, 6) is 0.318. The molecule has 1 heterocycles. The summed E-state index contributed by atoms with van der Waals surface area (Å²) in [6.45, 7) is 4.38. The van der Waals surface area contributed by atoms with E-state index in [-0.39, 0.29) is 5.69 Å². The molecule has 21 heavy (non-hydrogen) atoms. The second kappa shape index (κ2) is 6.71. The van der Waals surface area contributed by atoms with Crippen LogP contribution in [0.1, 0.15) is 28.7 Å². The quantitative estimate of drug-likeness (QED) is 0.773. The maximum atomic E-state index is 11.7. The Bertz CT molecular complexity index is 655. The van der Waals surface area contributed by atoms with Crippen LogP contribution in [-0.4, -0.2) is 34.7 Å². The van der Waals surface area contributed by atoms with E-state index in [0.29, 0.717) is 18.8 Å². The summed E-state index contributed by atoms with van der Waals surface area (Å²) in [4.78, 5) is 11.7. The number of carbonyl (C=O) groups excluding carboxylic acids is 1. The van der Waals surface area contributed by atoms with Gasteiger partial charge in [0.2, 0.25) is 0 Å². The average Bonchev–Trinajstić information content (AvgIpc) is 2.81. The number of halogens is 1. The van der Waals surface area contributed by atoms with Gasteiger partial charge in [0, 0.05) is 0 Å². The van der Waals surface area contributed by atoms with E-state index in [1.165, 1.54) is 0 Å². The Morgan fingerprint density at radius 3 is 2.81 bits per heavy atom. The number of methoxy groups -OCH3 is 1. The van der Waals surface area contributed by atoms with Gasteiger partial charge in [0.15, 0.2) is 5.69 Å². The van der Waals surface area contributed by atoms with Gasteiger partial charge in [-0.05, 0) is 47.5 Å². The minimum absolute atomic E-state index is 0.254. The van der Waals surface area contributed by atoms with Crippen molar-refractivity contribution in [2.24, 2.45) is 0 Å². The van der Waals surface area contributed by atoms with Crippen LogP contribution < -0.4 is 4.74 Å². The number of esters is 1. The van der Waals surface area contributed by atoms with E-state index >= 15 is 0 Å². The first-order valence-corrected chi connectivity index (χ1v) is 7.25. The fourth-order valence-corrected chi connectivity index (χ4v) is 2.47. The summed E-state index contributed by atoms with van der Waals surface area (Å²) in [6.07, 6.45) is 0. The minimum atomic E-state index is -0.447. The highest BCUT2D eigenvalue weighted by atomic mass is 79.9. The van der Waals surface area contributed by atoms with Crippen molar-refractivity contribution in [3.63, 3.8) is 0 Å². The van der Waals surface area contributed by atoms with Crippen molar-refractivity contribution in [1.82, 2.24) is 15.0 Å². The lowest BCUT2D eigenvalue weighted by atomic mass is 10.2. The van der Waals surface area contributed by atoms with E-state index in [9.17, 15) is 4.79 Å². The van der Waals surface area contributed by atoms with Crippen LogP contribution in [-0.2, 0) is 11.3 Å². The first-order chi connectivity index (χ1) is 10.1. The summed E-state index contributed by atoms with van der Waals surface area (Å²) in [5, 5.41) is 7.89. The van der Waals surface area contributed by atoms with Crippen molar-refractivity contribution < 1.29 is 14.3 Å². The molecular weight excluding hydrogens is 338 g/mol. The largest absolute Gasteiger partial charge is 0.496 e. The van der Waals surface area contributed by atoms with E-state index in [1.807, 2.05) is 18.2 Å². The molecule has 0 fully saturated rings. The van der Waals surface area contributed by atoms with Crippen LogP contribution in [0.15, 0.2) is 22.7 Å². The normalized spacial score (nSPS) is 10.5. The van der Waals surface area contributed by atoms with Gasteiger partial charge in [-0.25, -0.2) is 9.48 Å².